The summed E-state index contributed by atoms with van der Waals surface area (Å²) in [6.45, 7) is 6.85. The van der Waals surface area contributed by atoms with Crippen LogP contribution in [0.2, 0.25) is 19.6 Å². The summed E-state index contributed by atoms with van der Waals surface area (Å²) in [5.74, 6) is 0. The van der Waals surface area contributed by atoms with E-state index in [0.29, 0.717) is 0 Å². The highest BCUT2D eigenvalue weighted by Gasteiger charge is 2.50. The van der Waals surface area contributed by atoms with Gasteiger partial charge in [-0.05, 0) is 12.8 Å². The summed E-state index contributed by atoms with van der Waals surface area (Å²) in [6, 6.07) is 0. The molecule has 0 bridgehead atoms. The quantitative estimate of drug-likeness (QED) is 0.696. The highest BCUT2D eigenvalue weighted by Crippen LogP contribution is 2.38. The topological polar surface area (TPSA) is 29.5 Å². The highest BCUT2D eigenvalue weighted by atomic mass is 28.3. The van der Waals surface area contributed by atoms with Crippen molar-refractivity contribution < 1.29 is 9.84 Å². The van der Waals surface area contributed by atoms with Crippen LogP contribution in [-0.2, 0) is 4.74 Å². The molecule has 0 heterocycles. The average molecular weight is 202 g/mol. The number of rotatable bonds is 2. The van der Waals surface area contributed by atoms with Crippen LogP contribution in [0.3, 0.4) is 0 Å². The smallest absolute Gasteiger partial charge is 0.0858 e. The molecule has 1 aliphatic carbocycles. The van der Waals surface area contributed by atoms with E-state index in [1.54, 1.807) is 7.11 Å². The van der Waals surface area contributed by atoms with Crippen molar-refractivity contribution in [2.45, 2.75) is 56.7 Å². The first-order valence-corrected chi connectivity index (χ1v) is 8.67. The van der Waals surface area contributed by atoms with Gasteiger partial charge in [0.2, 0.25) is 0 Å². The predicted octanol–water partition coefficient (Wildman–Crippen LogP) is 2.18. The maximum absolute atomic E-state index is 10.1. The largest absolute Gasteiger partial charge is 0.390 e. The van der Waals surface area contributed by atoms with Crippen LogP contribution >= 0.6 is 0 Å². The molecule has 0 saturated heterocycles. The molecular formula is C10H22O2Si. The zero-order chi connectivity index (χ0) is 10.1. The minimum atomic E-state index is -1.44. The lowest BCUT2D eigenvalue weighted by atomic mass is 9.94. The third kappa shape index (κ3) is 1.83. The van der Waals surface area contributed by atoms with E-state index in [2.05, 4.69) is 19.6 Å². The van der Waals surface area contributed by atoms with Gasteiger partial charge < -0.3 is 9.84 Å². The van der Waals surface area contributed by atoms with E-state index < -0.39 is 8.07 Å². The Labute approximate surface area is 82.3 Å². The molecule has 0 radical (unpaired) electrons. The molecule has 2 atom stereocenters. The van der Waals surface area contributed by atoms with Crippen LogP contribution in [0.15, 0.2) is 0 Å². The Balaban J connectivity index is 2.89. The van der Waals surface area contributed by atoms with Gasteiger partial charge in [-0.3, -0.25) is 0 Å². The first-order chi connectivity index (χ1) is 5.94. The van der Waals surface area contributed by atoms with E-state index in [0.717, 1.165) is 19.3 Å². The van der Waals surface area contributed by atoms with Gasteiger partial charge in [0.25, 0.3) is 0 Å². The molecule has 0 aromatic heterocycles. The molecule has 0 unspecified atom stereocenters. The van der Waals surface area contributed by atoms with Gasteiger partial charge in [0.05, 0.1) is 19.4 Å². The molecule has 1 aliphatic rings. The molecule has 13 heavy (non-hydrogen) atoms. The van der Waals surface area contributed by atoms with Gasteiger partial charge in [0.1, 0.15) is 0 Å². The molecule has 0 amide bonds. The van der Waals surface area contributed by atoms with Crippen LogP contribution in [-0.4, -0.2) is 31.6 Å². The summed E-state index contributed by atoms with van der Waals surface area (Å²) in [5, 5.41) is 9.88. The fourth-order valence-electron chi connectivity index (χ4n) is 2.54. The van der Waals surface area contributed by atoms with E-state index in [9.17, 15) is 5.11 Å². The Hall–Kier alpha value is 0.137. The molecule has 78 valence electrons. The number of hydrogen-bond donors (Lipinski definition) is 1. The molecule has 3 heteroatoms. The van der Waals surface area contributed by atoms with Gasteiger partial charge in [-0.1, -0.05) is 32.5 Å². The minimum Gasteiger partial charge on any atom is -0.390 e. The second-order valence-corrected chi connectivity index (χ2v) is 10.5. The second-order valence-electron chi connectivity index (χ2n) is 5.11. The van der Waals surface area contributed by atoms with E-state index in [1.807, 2.05) is 0 Å². The Morgan fingerprint density at radius 3 is 2.23 bits per heavy atom. The van der Waals surface area contributed by atoms with Crippen LogP contribution in [0, 0.1) is 0 Å². The van der Waals surface area contributed by atoms with Gasteiger partial charge in [-0.15, -0.1) is 0 Å². The van der Waals surface area contributed by atoms with Gasteiger partial charge in [0, 0.05) is 7.11 Å². The molecular weight excluding hydrogens is 180 g/mol. The van der Waals surface area contributed by atoms with Crippen molar-refractivity contribution in [1.82, 2.24) is 0 Å². The molecule has 1 fully saturated rings. The Kier molecular flexibility index (Phi) is 3.20. The maximum Gasteiger partial charge on any atom is 0.0858 e. The zero-order valence-electron chi connectivity index (χ0n) is 9.26. The highest BCUT2D eigenvalue weighted by molar-refractivity contribution is 6.79. The van der Waals surface area contributed by atoms with Gasteiger partial charge in [0.15, 0.2) is 0 Å². The normalized spacial score (nSPS) is 36.2. The summed E-state index contributed by atoms with van der Waals surface area (Å²) in [5.41, 5.74) is 0. The van der Waals surface area contributed by atoms with Crippen molar-refractivity contribution >= 4 is 8.07 Å². The molecule has 2 nitrogen and oxygen atoms in total. The fourth-order valence-corrected chi connectivity index (χ4v) is 5.23. The first-order valence-electron chi connectivity index (χ1n) is 5.17. The summed E-state index contributed by atoms with van der Waals surface area (Å²) in [6.07, 6.45) is 4.07. The van der Waals surface area contributed by atoms with Crippen molar-refractivity contribution in [3.63, 3.8) is 0 Å². The molecule has 0 aromatic carbocycles. The standard InChI is InChI=1S/C10H22O2Si/c1-12-10(13(2,3)4)8-6-5-7-9(10)11/h9,11H,5-8H2,1-4H3/t9-,10+/m1/s1. The summed E-state index contributed by atoms with van der Waals surface area (Å²) >= 11 is 0. The monoisotopic (exact) mass is 202 g/mol. The van der Waals surface area contributed by atoms with Crippen molar-refractivity contribution in [2.24, 2.45) is 0 Å². The minimum absolute atomic E-state index is 0.189. The zero-order valence-corrected chi connectivity index (χ0v) is 10.3. The van der Waals surface area contributed by atoms with E-state index >= 15 is 0 Å². The van der Waals surface area contributed by atoms with E-state index in [4.69, 9.17) is 4.74 Å². The van der Waals surface area contributed by atoms with E-state index in [1.165, 1.54) is 6.42 Å². The fraction of sp³-hybridized carbons (Fsp3) is 1.00. The van der Waals surface area contributed by atoms with E-state index in [-0.39, 0.29) is 11.3 Å². The Bertz CT molecular complexity index is 176. The van der Waals surface area contributed by atoms with Crippen LogP contribution in [0.1, 0.15) is 25.7 Å². The number of aliphatic hydroxyl groups excluding tert-OH is 1. The van der Waals surface area contributed by atoms with Gasteiger partial charge in [-0.2, -0.15) is 0 Å². The molecule has 1 rings (SSSR count). The van der Waals surface area contributed by atoms with Crippen molar-refractivity contribution in [3.8, 4) is 0 Å². The van der Waals surface area contributed by atoms with Crippen molar-refractivity contribution in [3.05, 3.63) is 0 Å². The molecule has 1 N–H and O–H groups in total. The van der Waals surface area contributed by atoms with Gasteiger partial charge in [-0.25, -0.2) is 0 Å². The van der Waals surface area contributed by atoms with Crippen molar-refractivity contribution in [2.75, 3.05) is 7.11 Å². The molecule has 0 aromatic rings. The molecule has 1 saturated carbocycles. The average Bonchev–Trinajstić information content (AvgIpc) is 2.03. The third-order valence-electron chi connectivity index (χ3n) is 3.45. The van der Waals surface area contributed by atoms with Crippen LogP contribution in [0.4, 0.5) is 0 Å². The summed E-state index contributed by atoms with van der Waals surface area (Å²) in [4.78, 5) is 0. The Morgan fingerprint density at radius 1 is 1.31 bits per heavy atom. The first kappa shape index (κ1) is 11.2. The summed E-state index contributed by atoms with van der Waals surface area (Å²) in [7, 11) is 0.315. The number of aliphatic hydroxyl groups is 1. The molecule has 0 spiro atoms. The predicted molar refractivity (Wildman–Crippen MR) is 57.6 cm³/mol. The maximum atomic E-state index is 10.1. The lowest BCUT2D eigenvalue weighted by Crippen LogP contribution is -2.62. The number of hydrogen-bond acceptors (Lipinski definition) is 2. The lowest BCUT2D eigenvalue weighted by Gasteiger charge is -2.48. The van der Waals surface area contributed by atoms with Crippen LogP contribution < -0.4 is 0 Å². The summed E-state index contributed by atoms with van der Waals surface area (Å²) < 4.78 is 5.67. The second kappa shape index (κ2) is 3.71. The lowest BCUT2D eigenvalue weighted by molar-refractivity contribution is -0.0753. The van der Waals surface area contributed by atoms with Gasteiger partial charge >= 0.3 is 0 Å². The Morgan fingerprint density at radius 2 is 1.92 bits per heavy atom. The van der Waals surface area contributed by atoms with Crippen molar-refractivity contribution in [1.29, 1.82) is 0 Å². The molecule has 0 aliphatic heterocycles. The van der Waals surface area contributed by atoms with Crippen LogP contribution in [0.5, 0.6) is 0 Å². The number of ether oxygens (including phenoxy) is 1. The number of methoxy groups -OCH3 is 1. The van der Waals surface area contributed by atoms with Crippen LogP contribution in [0.25, 0.3) is 0 Å². The SMILES string of the molecule is CO[C@]1([Si](C)(C)C)CCCC[C@H]1O. The third-order valence-corrected chi connectivity index (χ3v) is 6.77.